The minimum atomic E-state index is -0.853. The topological polar surface area (TPSA) is 89.5 Å². The molecule has 0 aliphatic carbocycles. The molecule has 3 N–H and O–H groups in total. The maximum atomic E-state index is 11.3. The summed E-state index contributed by atoms with van der Waals surface area (Å²) in [4.78, 5) is 21.9. The predicted octanol–water partition coefficient (Wildman–Crippen LogP) is 7.74. The highest BCUT2D eigenvalue weighted by Gasteiger charge is 2.28. The smallest absolute Gasteiger partial charge is 0.323 e. The van der Waals surface area contributed by atoms with Gasteiger partial charge < -0.3 is 20.1 Å². The average Bonchev–Trinajstić information content (AvgIpc) is 3.34. The second kappa shape index (κ2) is 11.8. The molecule has 0 spiro atoms. The van der Waals surface area contributed by atoms with Crippen molar-refractivity contribution in [1.82, 2.24) is 9.97 Å². The number of hydrogen-bond donors (Lipinski definition) is 3. The molecule has 0 amide bonds. The summed E-state index contributed by atoms with van der Waals surface area (Å²) < 4.78 is 0. The number of phenols is 1. The van der Waals surface area contributed by atoms with Gasteiger partial charge in [-0.25, -0.2) is 4.98 Å². The molecule has 0 bridgehead atoms. The first-order valence-corrected chi connectivity index (χ1v) is 14.4. The number of aryl methyl sites for hydroxylation is 2. The van der Waals surface area contributed by atoms with Crippen LogP contribution in [0.1, 0.15) is 70.9 Å². The molecular weight excluding hydrogens is 510 g/mol. The minimum absolute atomic E-state index is 0.0439. The highest BCUT2D eigenvalue weighted by molar-refractivity contribution is 5.75. The second-order valence-corrected chi connectivity index (χ2v) is 12.8. The summed E-state index contributed by atoms with van der Waals surface area (Å²) in [5, 5.41) is 20.5. The van der Waals surface area contributed by atoms with Crippen LogP contribution < -0.4 is 4.90 Å². The number of aromatic hydroxyl groups is 1. The first-order valence-electron chi connectivity index (χ1n) is 14.4. The van der Waals surface area contributed by atoms with Crippen LogP contribution >= 0.6 is 0 Å². The number of aromatic amines is 1. The lowest BCUT2D eigenvalue weighted by molar-refractivity contribution is -0.135. The molecule has 0 saturated heterocycles. The molecule has 0 atom stereocenters. The van der Waals surface area contributed by atoms with Gasteiger partial charge in [-0.2, -0.15) is 0 Å². The summed E-state index contributed by atoms with van der Waals surface area (Å²) >= 11 is 0. The third-order valence-electron chi connectivity index (χ3n) is 7.50. The number of rotatable bonds is 9. The molecule has 6 heteroatoms. The Morgan fingerprint density at radius 2 is 1.44 bits per heavy atom. The Hall–Kier alpha value is -4.06. The van der Waals surface area contributed by atoms with Crippen LogP contribution in [0.15, 0.2) is 66.7 Å². The van der Waals surface area contributed by atoms with Crippen LogP contribution in [0.3, 0.4) is 0 Å². The molecule has 216 valence electrons. The van der Waals surface area contributed by atoms with E-state index in [1.807, 2.05) is 42.2 Å². The Morgan fingerprint density at radius 1 is 0.854 bits per heavy atom. The normalized spacial score (nSPS) is 12.0. The molecule has 0 unspecified atom stereocenters. The Morgan fingerprint density at radius 3 is 1.95 bits per heavy atom. The number of aromatic nitrogens is 2. The first kappa shape index (κ1) is 29.9. The molecule has 4 aromatic rings. The SMILES string of the molecule is CCN(CC(=O)O)c1ccc(-c2nc(-c3cc(C(C)(C)C)c(O)c(C(C)(C)C)c3)[nH]c2CCc2ccccc2)cc1. The minimum Gasteiger partial charge on any atom is -0.507 e. The van der Waals surface area contributed by atoms with Crippen LogP contribution in [0.5, 0.6) is 5.75 Å². The number of aliphatic carboxylic acids is 1. The fourth-order valence-corrected chi connectivity index (χ4v) is 5.17. The number of carboxylic acids is 1. The van der Waals surface area contributed by atoms with Crippen LogP contribution in [0, 0.1) is 0 Å². The van der Waals surface area contributed by atoms with E-state index in [-0.39, 0.29) is 17.4 Å². The second-order valence-electron chi connectivity index (χ2n) is 12.8. The first-order chi connectivity index (χ1) is 19.3. The summed E-state index contributed by atoms with van der Waals surface area (Å²) in [6.45, 7) is 15.2. The van der Waals surface area contributed by atoms with Gasteiger partial charge in [-0.3, -0.25) is 4.79 Å². The zero-order chi connectivity index (χ0) is 29.9. The van der Waals surface area contributed by atoms with Crippen LogP contribution in [0.2, 0.25) is 0 Å². The fraction of sp³-hybridized carbons (Fsp3) is 0.371. The van der Waals surface area contributed by atoms with Gasteiger partial charge in [-0.1, -0.05) is 84.0 Å². The lowest BCUT2D eigenvalue weighted by Gasteiger charge is -2.28. The van der Waals surface area contributed by atoms with Crippen molar-refractivity contribution in [2.45, 2.75) is 72.1 Å². The number of likely N-dealkylation sites (N-methyl/N-ethyl adjacent to an activating group) is 1. The van der Waals surface area contributed by atoms with Gasteiger partial charge in [0.25, 0.3) is 0 Å². The summed E-state index contributed by atoms with van der Waals surface area (Å²) in [5.74, 6) is 0.265. The molecule has 0 aliphatic heterocycles. The number of carboxylic acid groups (broad SMARTS) is 1. The van der Waals surface area contributed by atoms with E-state index in [1.54, 1.807) is 0 Å². The quantitative estimate of drug-likeness (QED) is 0.197. The zero-order valence-corrected chi connectivity index (χ0v) is 25.4. The van der Waals surface area contributed by atoms with E-state index in [4.69, 9.17) is 4.98 Å². The average molecular weight is 554 g/mol. The number of carbonyl (C=O) groups is 1. The standard InChI is InChI=1S/C35H43N3O3/c1-8-38(22-30(39)40)26-17-15-24(16-18-26)31-29(19-14-23-12-10-9-11-13-23)36-33(37-31)25-20-27(34(2,3)4)32(41)28(21-25)35(5,6)7/h9-13,15-18,20-21,41H,8,14,19,22H2,1-7H3,(H,36,37)(H,39,40). The number of imidazole rings is 1. The monoisotopic (exact) mass is 553 g/mol. The van der Waals surface area contributed by atoms with E-state index >= 15 is 0 Å². The van der Waals surface area contributed by atoms with E-state index in [0.717, 1.165) is 58.0 Å². The lowest BCUT2D eigenvalue weighted by atomic mass is 9.78. The third-order valence-corrected chi connectivity index (χ3v) is 7.50. The molecule has 4 rings (SSSR count). The van der Waals surface area contributed by atoms with Gasteiger partial charge in [0.05, 0.1) is 5.69 Å². The van der Waals surface area contributed by atoms with Gasteiger partial charge in [0.1, 0.15) is 18.1 Å². The highest BCUT2D eigenvalue weighted by atomic mass is 16.4. The fourth-order valence-electron chi connectivity index (χ4n) is 5.17. The van der Waals surface area contributed by atoms with Crippen molar-refractivity contribution in [3.63, 3.8) is 0 Å². The predicted molar refractivity (Wildman–Crippen MR) is 168 cm³/mol. The summed E-state index contributed by atoms with van der Waals surface area (Å²) in [6, 6.07) is 22.5. The molecule has 1 heterocycles. The van der Waals surface area contributed by atoms with Gasteiger partial charge in [0.2, 0.25) is 0 Å². The summed E-state index contributed by atoms with van der Waals surface area (Å²) in [6.07, 6.45) is 1.65. The van der Waals surface area contributed by atoms with E-state index in [0.29, 0.717) is 12.3 Å². The number of anilines is 1. The Labute approximate surface area is 244 Å². The van der Waals surface area contributed by atoms with Gasteiger partial charge in [-0.15, -0.1) is 0 Å². The molecule has 0 fully saturated rings. The van der Waals surface area contributed by atoms with E-state index in [9.17, 15) is 15.0 Å². The van der Waals surface area contributed by atoms with E-state index in [2.05, 4.69) is 82.9 Å². The maximum Gasteiger partial charge on any atom is 0.323 e. The molecular formula is C35H43N3O3. The number of benzene rings is 3. The molecule has 0 radical (unpaired) electrons. The van der Waals surface area contributed by atoms with Gasteiger partial charge in [0.15, 0.2) is 0 Å². The Balaban J connectivity index is 1.81. The number of nitrogens with zero attached hydrogens (tertiary/aromatic N) is 2. The summed E-state index contributed by atoms with van der Waals surface area (Å²) in [5.41, 5.74) is 7.25. The Bertz CT molecular complexity index is 1460. The van der Waals surface area contributed by atoms with Crippen molar-refractivity contribution in [3.8, 4) is 28.4 Å². The lowest BCUT2D eigenvalue weighted by Crippen LogP contribution is -2.29. The van der Waals surface area contributed by atoms with E-state index < -0.39 is 5.97 Å². The number of H-pyrrole nitrogens is 1. The highest BCUT2D eigenvalue weighted by Crippen LogP contribution is 2.42. The van der Waals surface area contributed by atoms with Crippen LogP contribution in [-0.2, 0) is 28.5 Å². The molecule has 1 aromatic heterocycles. The summed E-state index contributed by atoms with van der Waals surface area (Å²) in [7, 11) is 0. The Kier molecular flexibility index (Phi) is 8.62. The van der Waals surface area contributed by atoms with Crippen molar-refractivity contribution in [2.75, 3.05) is 18.0 Å². The van der Waals surface area contributed by atoms with Crippen molar-refractivity contribution < 1.29 is 15.0 Å². The molecule has 6 nitrogen and oxygen atoms in total. The van der Waals surface area contributed by atoms with Gasteiger partial charge in [-0.05, 0) is 60.4 Å². The number of phenolic OH excluding ortho intramolecular Hbond substituents is 1. The number of nitrogens with one attached hydrogen (secondary N) is 1. The van der Waals surface area contributed by atoms with Crippen LogP contribution in [0.25, 0.3) is 22.6 Å². The maximum absolute atomic E-state index is 11.3. The zero-order valence-electron chi connectivity index (χ0n) is 25.4. The van der Waals surface area contributed by atoms with Gasteiger partial charge >= 0.3 is 5.97 Å². The van der Waals surface area contributed by atoms with Crippen molar-refractivity contribution in [1.29, 1.82) is 0 Å². The molecule has 41 heavy (non-hydrogen) atoms. The molecule has 0 aliphatic rings. The van der Waals surface area contributed by atoms with Crippen LogP contribution in [-0.4, -0.2) is 39.2 Å². The van der Waals surface area contributed by atoms with Crippen molar-refractivity contribution in [2.24, 2.45) is 0 Å². The van der Waals surface area contributed by atoms with E-state index in [1.165, 1.54) is 5.56 Å². The third kappa shape index (κ3) is 6.99. The molecule has 0 saturated carbocycles. The van der Waals surface area contributed by atoms with Gasteiger partial charge in [0, 0.05) is 40.2 Å². The van der Waals surface area contributed by atoms with Crippen molar-refractivity contribution in [3.05, 3.63) is 89.1 Å². The molecule has 3 aromatic carbocycles. The van der Waals surface area contributed by atoms with Crippen LogP contribution in [0.4, 0.5) is 5.69 Å². The van der Waals surface area contributed by atoms with Crippen molar-refractivity contribution >= 4 is 11.7 Å². The largest absolute Gasteiger partial charge is 0.507 e. The number of hydrogen-bond acceptors (Lipinski definition) is 4.